The Morgan fingerprint density at radius 3 is 2.71 bits per heavy atom. The summed E-state index contributed by atoms with van der Waals surface area (Å²) in [5.41, 5.74) is 3.62. The van der Waals surface area contributed by atoms with Gasteiger partial charge in [-0.05, 0) is 18.2 Å². The number of nitrogens with zero attached hydrogens (tertiary/aromatic N) is 1. The molecule has 1 aromatic heterocycles. The van der Waals surface area contributed by atoms with Crippen LogP contribution in [0.2, 0.25) is 10.0 Å². The molecule has 0 aliphatic carbocycles. The highest BCUT2D eigenvalue weighted by atomic mass is 35.5. The highest BCUT2D eigenvalue weighted by molar-refractivity contribution is 6.42. The SMILES string of the molecule is NNC(=O)c1cc(-c2ccc(Cl)c(Cl)c2)n[nH]1. The van der Waals surface area contributed by atoms with Crippen LogP contribution in [0.25, 0.3) is 11.3 Å². The van der Waals surface area contributed by atoms with E-state index in [1.54, 1.807) is 24.3 Å². The molecule has 0 atom stereocenters. The number of rotatable bonds is 2. The molecule has 0 bridgehead atoms. The summed E-state index contributed by atoms with van der Waals surface area (Å²) < 4.78 is 0. The van der Waals surface area contributed by atoms with Crippen molar-refractivity contribution >= 4 is 29.1 Å². The fourth-order valence-electron chi connectivity index (χ4n) is 1.32. The van der Waals surface area contributed by atoms with Gasteiger partial charge in [-0.25, -0.2) is 5.84 Å². The van der Waals surface area contributed by atoms with Crippen LogP contribution in [0.5, 0.6) is 0 Å². The Hall–Kier alpha value is -1.56. The summed E-state index contributed by atoms with van der Waals surface area (Å²) in [7, 11) is 0. The lowest BCUT2D eigenvalue weighted by Crippen LogP contribution is -2.30. The minimum atomic E-state index is -0.441. The van der Waals surface area contributed by atoms with Crippen LogP contribution < -0.4 is 11.3 Å². The number of carbonyl (C=O) groups is 1. The molecule has 0 fully saturated rings. The molecule has 0 spiro atoms. The minimum Gasteiger partial charge on any atom is -0.289 e. The topological polar surface area (TPSA) is 83.8 Å². The summed E-state index contributed by atoms with van der Waals surface area (Å²) in [5, 5.41) is 7.45. The van der Waals surface area contributed by atoms with Gasteiger partial charge in [0.1, 0.15) is 5.69 Å². The summed E-state index contributed by atoms with van der Waals surface area (Å²) in [6.45, 7) is 0. The van der Waals surface area contributed by atoms with Gasteiger partial charge in [-0.3, -0.25) is 15.3 Å². The zero-order valence-corrected chi connectivity index (χ0v) is 10.0. The van der Waals surface area contributed by atoms with E-state index in [0.29, 0.717) is 15.7 Å². The number of amides is 1. The Balaban J connectivity index is 2.37. The molecule has 0 unspecified atom stereocenters. The number of hydrazine groups is 1. The van der Waals surface area contributed by atoms with Gasteiger partial charge in [0.05, 0.1) is 15.7 Å². The minimum absolute atomic E-state index is 0.272. The molecule has 1 amide bonds. The summed E-state index contributed by atoms with van der Waals surface area (Å²) in [6, 6.07) is 6.66. The maximum atomic E-state index is 11.2. The Kier molecular flexibility index (Phi) is 3.33. The molecule has 2 aromatic rings. The quantitative estimate of drug-likeness (QED) is 0.443. The third-order valence-corrected chi connectivity index (χ3v) is 2.91. The number of aromatic amines is 1. The lowest BCUT2D eigenvalue weighted by atomic mass is 10.1. The number of H-pyrrole nitrogens is 1. The first-order valence-corrected chi connectivity index (χ1v) is 5.39. The smallest absolute Gasteiger partial charge is 0.283 e. The third-order valence-electron chi connectivity index (χ3n) is 2.17. The lowest BCUT2D eigenvalue weighted by Gasteiger charge is -1.98. The van der Waals surface area contributed by atoms with Crippen molar-refractivity contribution in [1.82, 2.24) is 15.6 Å². The molecule has 1 heterocycles. The van der Waals surface area contributed by atoms with E-state index in [1.165, 1.54) is 0 Å². The molecular formula is C10H8Cl2N4O. The fraction of sp³-hybridized carbons (Fsp3) is 0. The van der Waals surface area contributed by atoms with Crippen LogP contribution in [0.1, 0.15) is 10.5 Å². The average Bonchev–Trinajstić information content (AvgIpc) is 2.81. The number of nitrogen functional groups attached to an aromatic ring is 1. The molecule has 1 aromatic carbocycles. The summed E-state index contributed by atoms with van der Waals surface area (Å²) in [5.74, 6) is 4.57. The highest BCUT2D eigenvalue weighted by Crippen LogP contribution is 2.27. The number of carbonyl (C=O) groups excluding carboxylic acids is 1. The van der Waals surface area contributed by atoms with E-state index < -0.39 is 5.91 Å². The second-order valence-electron chi connectivity index (χ2n) is 3.27. The lowest BCUT2D eigenvalue weighted by molar-refractivity contribution is 0.0948. The molecule has 0 saturated heterocycles. The van der Waals surface area contributed by atoms with Crippen LogP contribution in [-0.2, 0) is 0 Å². The molecule has 0 aliphatic heterocycles. The number of nitrogens with one attached hydrogen (secondary N) is 2. The van der Waals surface area contributed by atoms with Crippen molar-refractivity contribution in [2.24, 2.45) is 5.84 Å². The van der Waals surface area contributed by atoms with Gasteiger partial charge < -0.3 is 0 Å². The van der Waals surface area contributed by atoms with Gasteiger partial charge in [-0.1, -0.05) is 29.3 Å². The van der Waals surface area contributed by atoms with E-state index in [2.05, 4.69) is 10.2 Å². The normalized spacial score (nSPS) is 10.3. The molecule has 17 heavy (non-hydrogen) atoms. The Morgan fingerprint density at radius 2 is 2.06 bits per heavy atom. The van der Waals surface area contributed by atoms with Gasteiger partial charge in [0, 0.05) is 5.56 Å². The number of nitrogens with two attached hydrogens (primary N) is 1. The molecule has 7 heteroatoms. The number of benzene rings is 1. The van der Waals surface area contributed by atoms with Crippen LogP contribution in [0, 0.1) is 0 Å². The summed E-state index contributed by atoms with van der Waals surface area (Å²) >= 11 is 11.7. The molecule has 4 N–H and O–H groups in total. The second-order valence-corrected chi connectivity index (χ2v) is 4.08. The zero-order valence-electron chi connectivity index (χ0n) is 8.50. The maximum Gasteiger partial charge on any atom is 0.283 e. The van der Waals surface area contributed by atoms with Crippen LogP contribution in [0.3, 0.4) is 0 Å². The standard InChI is InChI=1S/C10H8Cl2N4O/c11-6-2-1-5(3-7(6)12)8-4-9(16-15-8)10(17)14-13/h1-4H,13H2,(H,14,17)(H,15,16). The molecule has 2 rings (SSSR count). The monoisotopic (exact) mass is 270 g/mol. The van der Waals surface area contributed by atoms with Crippen LogP contribution in [0.15, 0.2) is 24.3 Å². The molecular weight excluding hydrogens is 263 g/mol. The Morgan fingerprint density at radius 1 is 1.29 bits per heavy atom. The predicted molar refractivity (Wildman–Crippen MR) is 65.7 cm³/mol. The van der Waals surface area contributed by atoms with Gasteiger partial charge in [0.15, 0.2) is 0 Å². The number of halogens is 2. The van der Waals surface area contributed by atoms with Crippen molar-refractivity contribution in [2.45, 2.75) is 0 Å². The zero-order chi connectivity index (χ0) is 12.4. The predicted octanol–water partition coefficient (Wildman–Crippen LogP) is 1.99. The summed E-state index contributed by atoms with van der Waals surface area (Å²) in [4.78, 5) is 11.2. The molecule has 88 valence electrons. The third kappa shape index (κ3) is 2.41. The van der Waals surface area contributed by atoms with Crippen molar-refractivity contribution < 1.29 is 4.79 Å². The highest BCUT2D eigenvalue weighted by Gasteiger charge is 2.10. The Labute approximate surface area is 107 Å². The van der Waals surface area contributed by atoms with Crippen molar-refractivity contribution in [3.05, 3.63) is 40.0 Å². The van der Waals surface area contributed by atoms with E-state index in [9.17, 15) is 4.79 Å². The molecule has 0 aliphatic rings. The van der Waals surface area contributed by atoms with Crippen molar-refractivity contribution in [3.8, 4) is 11.3 Å². The van der Waals surface area contributed by atoms with Gasteiger partial charge in [-0.15, -0.1) is 0 Å². The van der Waals surface area contributed by atoms with Gasteiger partial charge in [0.25, 0.3) is 5.91 Å². The van der Waals surface area contributed by atoms with Crippen LogP contribution in [0.4, 0.5) is 0 Å². The average molecular weight is 271 g/mol. The summed E-state index contributed by atoms with van der Waals surface area (Å²) in [6.07, 6.45) is 0. The number of hydrogen-bond acceptors (Lipinski definition) is 3. The van der Waals surface area contributed by atoms with Crippen molar-refractivity contribution in [1.29, 1.82) is 0 Å². The number of hydrogen-bond donors (Lipinski definition) is 3. The largest absolute Gasteiger partial charge is 0.289 e. The Bertz CT molecular complexity index is 567. The van der Waals surface area contributed by atoms with E-state index in [0.717, 1.165) is 5.56 Å². The number of aromatic nitrogens is 2. The molecule has 5 nitrogen and oxygen atoms in total. The van der Waals surface area contributed by atoms with Gasteiger partial charge in [-0.2, -0.15) is 5.10 Å². The maximum absolute atomic E-state index is 11.2. The first-order chi connectivity index (χ1) is 8.11. The van der Waals surface area contributed by atoms with Gasteiger partial charge in [0.2, 0.25) is 0 Å². The van der Waals surface area contributed by atoms with Crippen LogP contribution >= 0.6 is 23.2 Å². The van der Waals surface area contributed by atoms with Crippen molar-refractivity contribution in [2.75, 3.05) is 0 Å². The van der Waals surface area contributed by atoms with E-state index in [4.69, 9.17) is 29.0 Å². The van der Waals surface area contributed by atoms with E-state index >= 15 is 0 Å². The first kappa shape index (κ1) is 11.9. The van der Waals surface area contributed by atoms with E-state index in [1.807, 2.05) is 5.43 Å². The first-order valence-electron chi connectivity index (χ1n) is 4.63. The molecule has 0 saturated carbocycles. The second kappa shape index (κ2) is 4.75. The van der Waals surface area contributed by atoms with Gasteiger partial charge >= 0.3 is 0 Å². The van der Waals surface area contributed by atoms with E-state index in [-0.39, 0.29) is 5.69 Å². The fourth-order valence-corrected chi connectivity index (χ4v) is 1.62. The van der Waals surface area contributed by atoms with Crippen molar-refractivity contribution in [3.63, 3.8) is 0 Å². The molecule has 0 radical (unpaired) electrons. The van der Waals surface area contributed by atoms with Crippen LogP contribution in [-0.4, -0.2) is 16.1 Å².